The first kappa shape index (κ1) is 15.2. The van der Waals surface area contributed by atoms with Crippen LogP contribution in [0.15, 0.2) is 23.1 Å². The van der Waals surface area contributed by atoms with Gasteiger partial charge in [0.05, 0.1) is 5.02 Å². The molecule has 20 heavy (non-hydrogen) atoms. The fraction of sp³-hybridized carbons (Fsp3) is 0.417. The van der Waals surface area contributed by atoms with Crippen molar-refractivity contribution in [3.8, 4) is 0 Å². The van der Waals surface area contributed by atoms with E-state index in [1.165, 1.54) is 12.1 Å². The third-order valence-corrected chi connectivity index (χ3v) is 4.64. The summed E-state index contributed by atoms with van der Waals surface area (Å²) in [6.07, 6.45) is 1.76. The second-order valence-electron chi connectivity index (χ2n) is 4.52. The summed E-state index contributed by atoms with van der Waals surface area (Å²) >= 11 is 5.54. The SMILES string of the molecule is O=C(NCCNS(=O)(=O)c1cccc(Cl)c1F)C1CC1. The van der Waals surface area contributed by atoms with Crippen LogP contribution in [0.4, 0.5) is 4.39 Å². The van der Waals surface area contributed by atoms with Crippen molar-refractivity contribution < 1.29 is 17.6 Å². The molecule has 1 fully saturated rings. The predicted molar refractivity (Wildman–Crippen MR) is 72.3 cm³/mol. The van der Waals surface area contributed by atoms with E-state index in [0.717, 1.165) is 18.9 Å². The molecular weight excluding hydrogens is 307 g/mol. The van der Waals surface area contributed by atoms with Crippen LogP contribution in [0.25, 0.3) is 0 Å². The van der Waals surface area contributed by atoms with Gasteiger partial charge in [-0.05, 0) is 25.0 Å². The minimum atomic E-state index is -3.98. The normalized spacial score (nSPS) is 15.1. The lowest BCUT2D eigenvalue weighted by Crippen LogP contribution is -2.35. The van der Waals surface area contributed by atoms with Gasteiger partial charge in [-0.25, -0.2) is 17.5 Å². The van der Waals surface area contributed by atoms with Gasteiger partial charge in [0.15, 0.2) is 5.82 Å². The Morgan fingerprint density at radius 2 is 2.05 bits per heavy atom. The summed E-state index contributed by atoms with van der Waals surface area (Å²) in [4.78, 5) is 10.8. The molecule has 0 bridgehead atoms. The van der Waals surface area contributed by atoms with Crippen LogP contribution in [0.2, 0.25) is 5.02 Å². The van der Waals surface area contributed by atoms with E-state index >= 15 is 0 Å². The summed E-state index contributed by atoms with van der Waals surface area (Å²) < 4.78 is 39.6. The van der Waals surface area contributed by atoms with E-state index in [-0.39, 0.29) is 29.9 Å². The molecule has 1 aliphatic carbocycles. The lowest BCUT2D eigenvalue weighted by atomic mass is 10.3. The van der Waals surface area contributed by atoms with Crippen molar-refractivity contribution in [2.24, 2.45) is 5.92 Å². The van der Waals surface area contributed by atoms with E-state index in [1.807, 2.05) is 0 Å². The highest BCUT2D eigenvalue weighted by molar-refractivity contribution is 7.89. The van der Waals surface area contributed by atoms with E-state index in [1.54, 1.807) is 0 Å². The van der Waals surface area contributed by atoms with Crippen LogP contribution in [0.1, 0.15) is 12.8 Å². The molecule has 2 N–H and O–H groups in total. The molecule has 1 amide bonds. The Morgan fingerprint density at radius 1 is 1.35 bits per heavy atom. The summed E-state index contributed by atoms with van der Waals surface area (Å²) in [5, 5.41) is 2.35. The number of sulfonamides is 1. The van der Waals surface area contributed by atoms with Crippen molar-refractivity contribution in [3.05, 3.63) is 29.0 Å². The van der Waals surface area contributed by atoms with Crippen molar-refractivity contribution in [2.75, 3.05) is 13.1 Å². The number of hydrogen-bond donors (Lipinski definition) is 2. The Balaban J connectivity index is 1.90. The topological polar surface area (TPSA) is 75.3 Å². The molecule has 0 atom stereocenters. The van der Waals surface area contributed by atoms with Gasteiger partial charge in [-0.2, -0.15) is 0 Å². The molecular formula is C12H14ClFN2O3S. The standard InChI is InChI=1S/C12H14ClFN2O3S/c13-9-2-1-3-10(11(9)14)20(18,19)16-7-6-15-12(17)8-4-5-8/h1-3,8,16H,4-7H2,(H,15,17). The van der Waals surface area contributed by atoms with E-state index in [0.29, 0.717) is 0 Å². The maximum Gasteiger partial charge on any atom is 0.243 e. The monoisotopic (exact) mass is 320 g/mol. The smallest absolute Gasteiger partial charge is 0.243 e. The lowest BCUT2D eigenvalue weighted by molar-refractivity contribution is -0.122. The average molecular weight is 321 g/mol. The molecule has 110 valence electrons. The van der Waals surface area contributed by atoms with Gasteiger partial charge in [0.2, 0.25) is 15.9 Å². The van der Waals surface area contributed by atoms with E-state index in [9.17, 15) is 17.6 Å². The maximum absolute atomic E-state index is 13.6. The third-order valence-electron chi connectivity index (χ3n) is 2.87. The number of nitrogens with one attached hydrogen (secondary N) is 2. The summed E-state index contributed by atoms with van der Waals surface area (Å²) in [7, 11) is -3.98. The number of carbonyl (C=O) groups is 1. The van der Waals surface area contributed by atoms with Gasteiger partial charge in [-0.3, -0.25) is 4.79 Å². The average Bonchev–Trinajstić information content (AvgIpc) is 3.22. The molecule has 1 aliphatic rings. The van der Waals surface area contributed by atoms with Gasteiger partial charge in [0.1, 0.15) is 4.90 Å². The number of benzene rings is 1. The highest BCUT2D eigenvalue weighted by atomic mass is 35.5. The largest absolute Gasteiger partial charge is 0.355 e. The van der Waals surface area contributed by atoms with Gasteiger partial charge >= 0.3 is 0 Å². The molecule has 1 aromatic carbocycles. The van der Waals surface area contributed by atoms with E-state index < -0.39 is 20.7 Å². The Labute approximate surface area is 121 Å². The first-order valence-electron chi connectivity index (χ1n) is 6.13. The summed E-state index contributed by atoms with van der Waals surface area (Å²) in [5.41, 5.74) is 0. The summed E-state index contributed by atoms with van der Waals surface area (Å²) in [6.45, 7) is 0.156. The molecule has 0 aromatic heterocycles. The number of hydrogen-bond acceptors (Lipinski definition) is 3. The Hall–Kier alpha value is -1.18. The highest BCUT2D eigenvalue weighted by Crippen LogP contribution is 2.28. The molecule has 0 saturated heterocycles. The van der Waals surface area contributed by atoms with Crippen molar-refractivity contribution in [1.82, 2.24) is 10.0 Å². The molecule has 0 aliphatic heterocycles. The van der Waals surface area contributed by atoms with Crippen LogP contribution in [-0.4, -0.2) is 27.4 Å². The van der Waals surface area contributed by atoms with Crippen LogP contribution in [0.5, 0.6) is 0 Å². The molecule has 8 heteroatoms. The zero-order chi connectivity index (χ0) is 14.8. The van der Waals surface area contributed by atoms with Gasteiger partial charge in [0, 0.05) is 19.0 Å². The second kappa shape index (κ2) is 6.07. The van der Waals surface area contributed by atoms with Crippen LogP contribution in [0, 0.1) is 11.7 Å². The quantitative estimate of drug-likeness (QED) is 0.775. The molecule has 1 aromatic rings. The van der Waals surface area contributed by atoms with Crippen molar-refractivity contribution in [3.63, 3.8) is 0 Å². The predicted octanol–water partition coefficient (Wildman–Crippen LogP) is 1.28. The number of rotatable bonds is 6. The molecule has 0 heterocycles. The van der Waals surface area contributed by atoms with Crippen molar-refractivity contribution in [1.29, 1.82) is 0 Å². The summed E-state index contributed by atoms with van der Waals surface area (Å²) in [6, 6.07) is 3.76. The van der Waals surface area contributed by atoms with Crippen LogP contribution >= 0.6 is 11.6 Å². The van der Waals surface area contributed by atoms with Gasteiger partial charge in [-0.15, -0.1) is 0 Å². The van der Waals surface area contributed by atoms with Gasteiger partial charge in [-0.1, -0.05) is 17.7 Å². The highest BCUT2D eigenvalue weighted by Gasteiger charge is 2.29. The number of carbonyl (C=O) groups excluding carboxylic acids is 1. The second-order valence-corrected chi connectivity index (χ2v) is 6.66. The van der Waals surface area contributed by atoms with Crippen LogP contribution in [-0.2, 0) is 14.8 Å². The Kier molecular flexibility index (Phi) is 4.62. The zero-order valence-corrected chi connectivity index (χ0v) is 12.1. The van der Waals surface area contributed by atoms with Crippen LogP contribution in [0.3, 0.4) is 0 Å². The molecule has 0 spiro atoms. The lowest BCUT2D eigenvalue weighted by Gasteiger charge is -2.09. The van der Waals surface area contributed by atoms with Crippen LogP contribution < -0.4 is 10.0 Å². The summed E-state index contributed by atoms with van der Waals surface area (Å²) in [5.74, 6) is -0.987. The van der Waals surface area contributed by atoms with Gasteiger partial charge in [0.25, 0.3) is 0 Å². The minimum absolute atomic E-state index is 0.00720. The minimum Gasteiger partial charge on any atom is -0.355 e. The fourth-order valence-corrected chi connectivity index (χ4v) is 2.99. The molecule has 0 unspecified atom stereocenters. The first-order valence-corrected chi connectivity index (χ1v) is 7.99. The number of halogens is 2. The van der Waals surface area contributed by atoms with E-state index in [2.05, 4.69) is 10.0 Å². The molecule has 1 saturated carbocycles. The fourth-order valence-electron chi connectivity index (χ4n) is 1.63. The molecule has 0 radical (unpaired) electrons. The Bertz CT molecular complexity index is 617. The van der Waals surface area contributed by atoms with Crippen molar-refractivity contribution in [2.45, 2.75) is 17.7 Å². The Morgan fingerprint density at radius 3 is 2.70 bits per heavy atom. The van der Waals surface area contributed by atoms with E-state index in [4.69, 9.17) is 11.6 Å². The molecule has 5 nitrogen and oxygen atoms in total. The maximum atomic E-state index is 13.6. The molecule has 2 rings (SSSR count). The first-order chi connectivity index (χ1) is 9.42. The van der Waals surface area contributed by atoms with Crippen molar-refractivity contribution >= 4 is 27.5 Å². The number of amides is 1. The zero-order valence-electron chi connectivity index (χ0n) is 10.5. The third kappa shape index (κ3) is 3.68. The van der Waals surface area contributed by atoms with Gasteiger partial charge < -0.3 is 5.32 Å².